The zero-order chi connectivity index (χ0) is 8.39. The van der Waals surface area contributed by atoms with Crippen molar-refractivity contribution in [3.8, 4) is 10.6 Å². The number of aromatic hydroxyl groups is 1. The average Bonchev–Trinajstić information content (AvgIpc) is 2.54. The minimum atomic E-state index is -0.0134. The van der Waals surface area contributed by atoms with Gasteiger partial charge in [-0.2, -0.15) is 0 Å². The van der Waals surface area contributed by atoms with E-state index >= 15 is 0 Å². The molecule has 1 atom stereocenters. The Kier molecular flexibility index (Phi) is 1.84. The van der Waals surface area contributed by atoms with Crippen molar-refractivity contribution in [2.45, 2.75) is 0 Å². The number of thiophene rings is 1. The first-order valence-electron chi connectivity index (χ1n) is 3.72. The molecule has 0 aliphatic carbocycles. The van der Waals surface area contributed by atoms with E-state index in [1.165, 1.54) is 4.90 Å². The van der Waals surface area contributed by atoms with Crippen LogP contribution in [0.15, 0.2) is 47.2 Å². The summed E-state index contributed by atoms with van der Waals surface area (Å²) in [6.07, 6.45) is 0. The van der Waals surface area contributed by atoms with Crippen LogP contribution in [0.25, 0.3) is 4.90 Å². The first-order chi connectivity index (χ1) is 5.86. The summed E-state index contributed by atoms with van der Waals surface area (Å²) in [5, 5.41) is 13.0. The van der Waals surface area contributed by atoms with Crippen LogP contribution in [0.1, 0.15) is 0 Å². The molecule has 0 fully saturated rings. The number of hydrogen-bond acceptors (Lipinski definition) is 1. The second-order valence-corrected chi connectivity index (χ2v) is 4.25. The van der Waals surface area contributed by atoms with Crippen molar-refractivity contribution in [2.75, 3.05) is 0 Å². The smallest absolute Gasteiger partial charge is 0.185 e. The fourth-order valence-electron chi connectivity index (χ4n) is 1.08. The maximum Gasteiger partial charge on any atom is 0.185 e. The normalized spacial score (nSPS) is 11.5. The molecule has 1 unspecified atom stereocenters. The lowest BCUT2D eigenvalue weighted by Crippen LogP contribution is -1.63. The van der Waals surface area contributed by atoms with Crippen LogP contribution in [0.4, 0.5) is 0 Å². The molecule has 1 nitrogen and oxygen atoms in total. The van der Waals surface area contributed by atoms with Gasteiger partial charge in [0.15, 0.2) is 16.0 Å². The van der Waals surface area contributed by atoms with Crippen LogP contribution in [0.2, 0.25) is 0 Å². The standard InChI is InChI=1S/C10H8OS/c11-9-6-7-12(8-9)10-4-2-1-3-5-10/h1-8H/p+1. The Bertz CT molecular complexity index is 364. The molecule has 0 bridgehead atoms. The highest BCUT2D eigenvalue weighted by molar-refractivity contribution is 7.37. The van der Waals surface area contributed by atoms with E-state index in [-0.39, 0.29) is 10.5 Å². The quantitative estimate of drug-likeness (QED) is 0.663. The number of benzene rings is 1. The molecule has 60 valence electrons. The Morgan fingerprint density at radius 2 is 1.75 bits per heavy atom. The lowest BCUT2D eigenvalue weighted by molar-refractivity contribution is 0.478. The van der Waals surface area contributed by atoms with E-state index in [0.717, 1.165) is 0 Å². The molecule has 1 N–H and O–H groups in total. The molecule has 2 heteroatoms. The van der Waals surface area contributed by atoms with Gasteiger partial charge in [0.05, 0.1) is 0 Å². The summed E-state index contributed by atoms with van der Waals surface area (Å²) >= 11 is 0. The van der Waals surface area contributed by atoms with Gasteiger partial charge in [-0.1, -0.05) is 18.2 Å². The third kappa shape index (κ3) is 1.34. The molecule has 0 aliphatic rings. The lowest BCUT2D eigenvalue weighted by atomic mass is 10.4. The molecule has 12 heavy (non-hydrogen) atoms. The zero-order valence-corrected chi connectivity index (χ0v) is 7.29. The minimum absolute atomic E-state index is 0.0134. The lowest BCUT2D eigenvalue weighted by Gasteiger charge is -1.85. The van der Waals surface area contributed by atoms with E-state index in [2.05, 4.69) is 12.1 Å². The Morgan fingerprint density at radius 3 is 2.33 bits per heavy atom. The topological polar surface area (TPSA) is 20.2 Å². The summed E-state index contributed by atoms with van der Waals surface area (Å²) in [5.74, 6) is 0.377. The van der Waals surface area contributed by atoms with Gasteiger partial charge >= 0.3 is 0 Å². The Balaban J connectivity index is 2.45. The van der Waals surface area contributed by atoms with Crippen LogP contribution in [-0.2, 0) is 0 Å². The Morgan fingerprint density at radius 1 is 1.00 bits per heavy atom. The Hall–Kier alpha value is -1.28. The van der Waals surface area contributed by atoms with Gasteiger partial charge in [-0.25, -0.2) is 0 Å². The largest absolute Gasteiger partial charge is 0.503 e. The monoisotopic (exact) mass is 177 g/mol. The third-order valence-electron chi connectivity index (χ3n) is 1.65. The maximum atomic E-state index is 9.14. The summed E-state index contributed by atoms with van der Waals surface area (Å²) in [5.41, 5.74) is 0. The van der Waals surface area contributed by atoms with Gasteiger partial charge in [-0.15, -0.1) is 0 Å². The number of hydrogen-bond donors (Lipinski definition) is 1. The minimum Gasteiger partial charge on any atom is -0.503 e. The van der Waals surface area contributed by atoms with E-state index in [4.69, 9.17) is 5.11 Å². The van der Waals surface area contributed by atoms with Gasteiger partial charge < -0.3 is 5.11 Å². The van der Waals surface area contributed by atoms with Gasteiger partial charge in [0.2, 0.25) is 0 Å². The molecule has 0 saturated carbocycles. The highest BCUT2D eigenvalue weighted by atomic mass is 32.2. The second kappa shape index (κ2) is 2.99. The van der Waals surface area contributed by atoms with Crippen molar-refractivity contribution >= 4 is 10.5 Å². The van der Waals surface area contributed by atoms with E-state index in [9.17, 15) is 0 Å². The molecule has 1 heterocycles. The van der Waals surface area contributed by atoms with Gasteiger partial charge in [-0.05, 0) is 12.1 Å². The van der Waals surface area contributed by atoms with Crippen molar-refractivity contribution in [1.82, 2.24) is 0 Å². The highest BCUT2D eigenvalue weighted by Crippen LogP contribution is 2.33. The molecule has 0 amide bonds. The molecule has 2 rings (SSSR count). The molecule has 1 aromatic carbocycles. The SMILES string of the molecule is Oc1cc[s+](-c2ccccc2)c1. The second-order valence-electron chi connectivity index (χ2n) is 2.53. The van der Waals surface area contributed by atoms with Crippen molar-refractivity contribution < 1.29 is 5.11 Å². The number of rotatable bonds is 1. The van der Waals surface area contributed by atoms with Crippen LogP contribution in [-0.4, -0.2) is 5.11 Å². The van der Waals surface area contributed by atoms with Gasteiger partial charge in [0.1, 0.15) is 5.38 Å². The van der Waals surface area contributed by atoms with Crippen LogP contribution >= 0.6 is 10.5 Å². The average molecular weight is 177 g/mol. The fourth-order valence-corrected chi connectivity index (χ4v) is 2.54. The van der Waals surface area contributed by atoms with Gasteiger partial charge in [0.25, 0.3) is 0 Å². The molecule has 0 spiro atoms. The maximum absolute atomic E-state index is 9.14. The van der Waals surface area contributed by atoms with E-state index in [1.54, 1.807) is 6.07 Å². The van der Waals surface area contributed by atoms with Gasteiger partial charge in [0, 0.05) is 16.5 Å². The van der Waals surface area contributed by atoms with Crippen LogP contribution < -0.4 is 0 Å². The van der Waals surface area contributed by atoms with Crippen LogP contribution in [0.3, 0.4) is 0 Å². The predicted octanol–water partition coefficient (Wildman–Crippen LogP) is 3.13. The molecule has 2 aromatic rings. The van der Waals surface area contributed by atoms with E-state index in [1.807, 2.05) is 29.0 Å². The summed E-state index contributed by atoms with van der Waals surface area (Å²) in [7, 11) is -0.0134. The molecule has 0 radical (unpaired) electrons. The first kappa shape index (κ1) is 7.37. The molecule has 0 saturated heterocycles. The summed E-state index contributed by atoms with van der Waals surface area (Å²) in [6, 6.07) is 11.9. The molecular weight excluding hydrogens is 168 g/mol. The predicted molar refractivity (Wildman–Crippen MR) is 51.9 cm³/mol. The van der Waals surface area contributed by atoms with Crippen molar-refractivity contribution in [3.63, 3.8) is 0 Å². The van der Waals surface area contributed by atoms with E-state index in [0.29, 0.717) is 5.75 Å². The Labute approximate surface area is 73.9 Å². The van der Waals surface area contributed by atoms with Gasteiger partial charge in [-0.3, -0.25) is 0 Å². The fraction of sp³-hybridized carbons (Fsp3) is 0. The van der Waals surface area contributed by atoms with Crippen LogP contribution in [0.5, 0.6) is 5.75 Å². The van der Waals surface area contributed by atoms with Crippen LogP contribution in [0, 0.1) is 0 Å². The van der Waals surface area contributed by atoms with Crippen molar-refractivity contribution in [1.29, 1.82) is 0 Å². The zero-order valence-electron chi connectivity index (χ0n) is 6.47. The summed E-state index contributed by atoms with van der Waals surface area (Å²) < 4.78 is 0. The first-order valence-corrected chi connectivity index (χ1v) is 5.07. The third-order valence-corrected chi connectivity index (χ3v) is 3.39. The van der Waals surface area contributed by atoms with Crippen molar-refractivity contribution in [2.24, 2.45) is 0 Å². The van der Waals surface area contributed by atoms with E-state index < -0.39 is 0 Å². The molecular formula is C10H9OS+. The van der Waals surface area contributed by atoms with Crippen molar-refractivity contribution in [3.05, 3.63) is 47.2 Å². The molecule has 1 aromatic heterocycles. The summed E-state index contributed by atoms with van der Waals surface area (Å²) in [4.78, 5) is 1.25. The molecule has 0 aliphatic heterocycles. The summed E-state index contributed by atoms with van der Waals surface area (Å²) in [6.45, 7) is 0. The highest BCUT2D eigenvalue weighted by Gasteiger charge is 2.08.